The predicted octanol–water partition coefficient (Wildman–Crippen LogP) is 15.8. The summed E-state index contributed by atoms with van der Waals surface area (Å²) in [7, 11) is 0. The zero-order valence-corrected chi connectivity index (χ0v) is 39.3. The molecule has 4 aromatic heterocycles. The Balaban J connectivity index is 0.000000172. The molecule has 4 heterocycles. The van der Waals surface area contributed by atoms with Gasteiger partial charge in [0.1, 0.15) is 5.58 Å². The van der Waals surface area contributed by atoms with Crippen LogP contribution in [0.25, 0.3) is 99.3 Å². The number of hydrogen-bond donors (Lipinski definition) is 0. The van der Waals surface area contributed by atoms with Crippen molar-refractivity contribution in [1.82, 2.24) is 18.9 Å². The summed E-state index contributed by atoms with van der Waals surface area (Å²) in [5.41, 5.74) is 11.6. The summed E-state index contributed by atoms with van der Waals surface area (Å²) in [6.07, 6.45) is 2.14. The Hall–Kier alpha value is -7.11. The second-order valence-electron chi connectivity index (χ2n) is 17.2. The van der Waals surface area contributed by atoms with E-state index in [0.29, 0.717) is 11.8 Å². The Morgan fingerprint density at radius 1 is 0.508 bits per heavy atom. The SMILES string of the molecule is Cc1cn(-c2c(C(C)C)cccc2C(C)C)c(-c2[c-]cccc2)n1.[Ir].[c-]1ccc2c(oc3ccccc32)c1-c1nc2cccc3c4ccccc4c4ccccc4c4ccccc4n1c23. The molecule has 0 aliphatic heterocycles. The largest absolute Gasteiger partial charge is 0.501 e. The van der Waals surface area contributed by atoms with Gasteiger partial charge in [-0.15, -0.1) is 54.1 Å². The molecule has 0 amide bonds. The minimum atomic E-state index is 0. The normalized spacial score (nSPS) is 11.6. The van der Waals surface area contributed by atoms with Crippen molar-refractivity contribution < 1.29 is 24.5 Å². The average Bonchev–Trinajstić information content (AvgIpc) is 4.05. The molecule has 12 rings (SSSR count). The quantitative estimate of drug-likeness (QED) is 0.161. The summed E-state index contributed by atoms with van der Waals surface area (Å²) in [6, 6.07) is 66.2. The van der Waals surface area contributed by atoms with Gasteiger partial charge in [-0.1, -0.05) is 154 Å². The molecule has 0 saturated heterocycles. The minimum Gasteiger partial charge on any atom is -0.501 e. The number of benzene rings is 8. The van der Waals surface area contributed by atoms with Gasteiger partial charge in [0.05, 0.1) is 28.3 Å². The maximum Gasteiger partial charge on any atom is 0.120 e. The zero-order valence-electron chi connectivity index (χ0n) is 36.9. The fraction of sp³-hybridized carbons (Fsp3) is 0.119. The van der Waals surface area contributed by atoms with Gasteiger partial charge < -0.3 is 13.4 Å². The predicted molar refractivity (Wildman–Crippen MR) is 266 cm³/mol. The molecule has 0 spiro atoms. The topological polar surface area (TPSA) is 48.3 Å². The van der Waals surface area contributed by atoms with Crippen molar-refractivity contribution in [1.29, 1.82) is 0 Å². The molecular weight excluding hydrogens is 973 g/mol. The molecule has 0 aliphatic rings. The van der Waals surface area contributed by atoms with Crippen LogP contribution in [-0.4, -0.2) is 18.9 Å². The number of nitrogens with zero attached hydrogens (tertiary/aromatic N) is 4. The average molecular weight is 1020 g/mol. The number of aryl methyl sites for hydroxylation is 1. The molecular formula is C59H46IrN4O-2. The van der Waals surface area contributed by atoms with E-state index in [2.05, 4.69) is 195 Å². The number of para-hydroxylation sites is 4. The number of rotatable bonds is 5. The van der Waals surface area contributed by atoms with E-state index in [9.17, 15) is 0 Å². The van der Waals surface area contributed by atoms with Crippen LogP contribution < -0.4 is 0 Å². The number of hydrogen-bond acceptors (Lipinski definition) is 3. The van der Waals surface area contributed by atoms with Crippen molar-refractivity contribution in [2.45, 2.75) is 46.5 Å². The van der Waals surface area contributed by atoms with E-state index in [1.807, 2.05) is 36.4 Å². The maximum atomic E-state index is 6.48. The van der Waals surface area contributed by atoms with Crippen molar-refractivity contribution in [3.63, 3.8) is 0 Å². The Morgan fingerprint density at radius 2 is 1.09 bits per heavy atom. The van der Waals surface area contributed by atoms with Crippen LogP contribution in [-0.2, 0) is 20.1 Å². The van der Waals surface area contributed by atoms with E-state index in [-0.39, 0.29) is 20.1 Å². The van der Waals surface area contributed by atoms with Crippen LogP contribution in [0.4, 0.5) is 0 Å². The summed E-state index contributed by atoms with van der Waals surface area (Å²) < 4.78 is 11.1. The van der Waals surface area contributed by atoms with Crippen LogP contribution in [0.3, 0.4) is 0 Å². The third-order valence-electron chi connectivity index (χ3n) is 12.5. The van der Waals surface area contributed by atoms with E-state index in [1.165, 1.54) is 38.4 Å². The van der Waals surface area contributed by atoms with Crippen LogP contribution >= 0.6 is 0 Å². The van der Waals surface area contributed by atoms with Crippen LogP contribution in [0.2, 0.25) is 0 Å². The third-order valence-corrected chi connectivity index (χ3v) is 12.5. The van der Waals surface area contributed by atoms with Crippen molar-refractivity contribution in [3.05, 3.63) is 205 Å². The summed E-state index contributed by atoms with van der Waals surface area (Å²) in [6.45, 7) is 11.1. The van der Waals surface area contributed by atoms with Crippen LogP contribution in [0.5, 0.6) is 0 Å². The smallest absolute Gasteiger partial charge is 0.120 e. The Kier molecular flexibility index (Phi) is 11.0. The first-order valence-corrected chi connectivity index (χ1v) is 22.1. The van der Waals surface area contributed by atoms with Crippen LogP contribution in [0, 0.1) is 19.1 Å². The van der Waals surface area contributed by atoms with E-state index >= 15 is 0 Å². The molecule has 6 heteroatoms. The number of imidazole rings is 2. The van der Waals surface area contributed by atoms with Crippen LogP contribution in [0.15, 0.2) is 180 Å². The van der Waals surface area contributed by atoms with Crippen molar-refractivity contribution in [2.75, 3.05) is 0 Å². The standard InChI is InChI=1S/C37H21N2O.C22H25N2.Ir/c1-3-13-25-23(11-1)24-12-2-4-14-26(24)29-17-10-20-32-35(29)39(33-21-7-5-15-27(25)33)37(38-32)31-19-9-18-30-28-16-6-8-22-34(28)40-36(30)31;1-15(2)19-12-9-13-20(16(3)4)21(19)24-14-17(5)23-22(24)18-10-7-6-8-11-18;/h1-18,20-22H;6-10,12-16H,1-5H3;/q2*-1;. The fourth-order valence-electron chi connectivity index (χ4n) is 9.59. The summed E-state index contributed by atoms with van der Waals surface area (Å²) in [4.78, 5) is 10.1. The fourth-order valence-corrected chi connectivity index (χ4v) is 9.59. The van der Waals surface area contributed by atoms with Gasteiger partial charge in [-0.25, -0.2) is 0 Å². The second kappa shape index (κ2) is 17.1. The number of fused-ring (bicyclic) bond motifs is 10. The van der Waals surface area contributed by atoms with Gasteiger partial charge in [-0.3, -0.25) is 9.97 Å². The maximum absolute atomic E-state index is 6.48. The van der Waals surface area contributed by atoms with Crippen molar-refractivity contribution in [3.8, 4) is 28.5 Å². The van der Waals surface area contributed by atoms with Gasteiger partial charge in [0.15, 0.2) is 0 Å². The zero-order chi connectivity index (χ0) is 43.5. The van der Waals surface area contributed by atoms with Crippen LogP contribution in [0.1, 0.15) is 56.4 Å². The van der Waals surface area contributed by atoms with Gasteiger partial charge in [-0.2, -0.15) is 0 Å². The molecule has 8 aromatic carbocycles. The first-order valence-electron chi connectivity index (χ1n) is 22.1. The second-order valence-corrected chi connectivity index (χ2v) is 17.2. The first kappa shape index (κ1) is 41.9. The monoisotopic (exact) mass is 1020 g/mol. The molecule has 65 heavy (non-hydrogen) atoms. The molecule has 5 nitrogen and oxygen atoms in total. The molecule has 0 atom stereocenters. The minimum absolute atomic E-state index is 0. The van der Waals surface area contributed by atoms with Gasteiger partial charge in [0.25, 0.3) is 0 Å². The van der Waals surface area contributed by atoms with E-state index in [0.717, 1.165) is 77.7 Å². The molecule has 0 fully saturated rings. The Morgan fingerprint density at radius 3 is 1.77 bits per heavy atom. The van der Waals surface area contributed by atoms with Gasteiger partial charge >= 0.3 is 0 Å². The van der Waals surface area contributed by atoms with Gasteiger partial charge in [-0.05, 0) is 69.6 Å². The Labute approximate surface area is 392 Å². The van der Waals surface area contributed by atoms with E-state index in [4.69, 9.17) is 14.4 Å². The molecule has 0 N–H and O–H groups in total. The Bertz CT molecular complexity index is 3740. The number of furan rings is 1. The summed E-state index contributed by atoms with van der Waals surface area (Å²) in [5.74, 6) is 2.68. The van der Waals surface area contributed by atoms with Gasteiger partial charge in [0, 0.05) is 59.4 Å². The molecule has 0 unspecified atom stereocenters. The summed E-state index contributed by atoms with van der Waals surface area (Å²) >= 11 is 0. The molecule has 0 aliphatic carbocycles. The third kappa shape index (κ3) is 7.14. The molecule has 0 bridgehead atoms. The summed E-state index contributed by atoms with van der Waals surface area (Å²) in [5, 5.41) is 9.27. The molecule has 319 valence electrons. The van der Waals surface area contributed by atoms with Gasteiger partial charge in [0.2, 0.25) is 0 Å². The van der Waals surface area contributed by atoms with E-state index in [1.54, 1.807) is 0 Å². The van der Waals surface area contributed by atoms with Crippen molar-refractivity contribution in [2.24, 2.45) is 0 Å². The molecule has 12 aromatic rings. The number of aromatic nitrogens is 4. The molecule has 0 saturated carbocycles. The molecule has 1 radical (unpaired) electrons. The van der Waals surface area contributed by atoms with Crippen molar-refractivity contribution >= 4 is 70.8 Å². The first-order chi connectivity index (χ1) is 31.4. The van der Waals surface area contributed by atoms with E-state index < -0.39 is 0 Å².